The lowest BCUT2D eigenvalue weighted by atomic mass is 10.0. The van der Waals surface area contributed by atoms with E-state index in [9.17, 15) is 19.0 Å². The molecule has 88 heavy (non-hydrogen) atoms. The van der Waals surface area contributed by atoms with Crippen molar-refractivity contribution in [3.63, 3.8) is 0 Å². The molecule has 10 heteroatoms. The lowest BCUT2D eigenvalue weighted by Crippen LogP contribution is -2.29. The molecule has 0 aliphatic carbocycles. The van der Waals surface area contributed by atoms with Crippen LogP contribution in [-0.2, 0) is 32.7 Å². The molecule has 0 aromatic rings. The molecule has 9 nitrogen and oxygen atoms in total. The number of unbranched alkanes of at least 4 members (excludes halogenated alkanes) is 53. The Hall–Kier alpha value is -2.03. The van der Waals surface area contributed by atoms with Crippen LogP contribution in [0.5, 0.6) is 0 Å². The van der Waals surface area contributed by atoms with E-state index in [0.29, 0.717) is 6.42 Å². The fourth-order valence-corrected chi connectivity index (χ4v) is 12.6. The molecule has 0 radical (unpaired) electrons. The Balaban J connectivity index is 3.74. The SMILES string of the molecule is CC/C=C\C/C=C\C/C=C\C/C=C\CCCCCCCCCCCCCCCCC(=O)OC(COC(=O)CCCCCCCCCCCCCCCCCCCCCCCCCCCCCCCCCCCCCCCCCC)COP(=O)(O)OCCN. The molecule has 0 amide bonds. The second kappa shape index (κ2) is 74.0. The molecule has 3 N–H and O–H groups in total. The van der Waals surface area contributed by atoms with Crippen molar-refractivity contribution in [1.29, 1.82) is 0 Å². The Morgan fingerprint density at radius 2 is 0.625 bits per heavy atom. The molecule has 0 rings (SSSR count). The third kappa shape index (κ3) is 73.0. The Morgan fingerprint density at radius 3 is 0.932 bits per heavy atom. The van der Waals surface area contributed by atoms with Crippen LogP contribution in [0.1, 0.15) is 406 Å². The van der Waals surface area contributed by atoms with Gasteiger partial charge >= 0.3 is 19.8 Å². The van der Waals surface area contributed by atoms with Crippen molar-refractivity contribution >= 4 is 19.8 Å². The zero-order valence-electron chi connectivity index (χ0n) is 58.5. The first-order valence-corrected chi connectivity index (χ1v) is 40.1. The first kappa shape index (κ1) is 86.0. The summed E-state index contributed by atoms with van der Waals surface area (Å²) in [5.74, 6) is -0.808. The average Bonchev–Trinajstić information content (AvgIpc) is 3.62. The summed E-state index contributed by atoms with van der Waals surface area (Å²) in [5.41, 5.74) is 5.41. The molecule has 0 aliphatic heterocycles. The first-order valence-electron chi connectivity index (χ1n) is 38.6. The van der Waals surface area contributed by atoms with Gasteiger partial charge in [0.2, 0.25) is 0 Å². The average molecular weight is 1260 g/mol. The molecule has 0 bridgehead atoms. The minimum atomic E-state index is -4.39. The molecule has 0 saturated heterocycles. The Kier molecular flexibility index (Phi) is 72.3. The fraction of sp³-hybridized carbons (Fsp3) is 0.872. The lowest BCUT2D eigenvalue weighted by Gasteiger charge is -2.19. The van der Waals surface area contributed by atoms with Crippen molar-refractivity contribution in [1.82, 2.24) is 0 Å². The van der Waals surface area contributed by atoms with Crippen molar-refractivity contribution in [2.75, 3.05) is 26.4 Å². The second-order valence-corrected chi connectivity index (χ2v) is 27.7. The van der Waals surface area contributed by atoms with E-state index in [1.807, 2.05) is 0 Å². The summed E-state index contributed by atoms with van der Waals surface area (Å²) in [7, 11) is -4.39. The summed E-state index contributed by atoms with van der Waals surface area (Å²) in [6.07, 6.45) is 95.4. The van der Waals surface area contributed by atoms with Gasteiger partial charge in [0.05, 0.1) is 13.2 Å². The number of esters is 2. The highest BCUT2D eigenvalue weighted by Crippen LogP contribution is 2.43. The molecule has 2 atom stereocenters. The molecule has 2 unspecified atom stereocenters. The van der Waals surface area contributed by atoms with Crippen LogP contribution < -0.4 is 5.73 Å². The van der Waals surface area contributed by atoms with E-state index in [1.54, 1.807) is 0 Å². The highest BCUT2D eigenvalue weighted by Gasteiger charge is 2.26. The van der Waals surface area contributed by atoms with Crippen LogP contribution >= 0.6 is 7.82 Å². The van der Waals surface area contributed by atoms with E-state index in [0.717, 1.165) is 64.2 Å². The minimum absolute atomic E-state index is 0.0546. The molecular weight excluding hydrogens is 1110 g/mol. The van der Waals surface area contributed by atoms with Gasteiger partial charge in [-0.1, -0.05) is 390 Å². The van der Waals surface area contributed by atoms with E-state index < -0.39 is 26.5 Å². The summed E-state index contributed by atoms with van der Waals surface area (Å²) in [6, 6.07) is 0. The van der Waals surface area contributed by atoms with Crippen molar-refractivity contribution in [3.05, 3.63) is 48.6 Å². The van der Waals surface area contributed by atoms with Crippen molar-refractivity contribution in [2.24, 2.45) is 5.73 Å². The molecule has 518 valence electrons. The van der Waals surface area contributed by atoms with Crippen LogP contribution in [0.4, 0.5) is 0 Å². The first-order chi connectivity index (χ1) is 43.3. The second-order valence-electron chi connectivity index (χ2n) is 26.2. The predicted octanol–water partition coefficient (Wildman–Crippen LogP) is 25.6. The maximum absolute atomic E-state index is 12.8. The molecular formula is C78H148NO8P. The van der Waals surface area contributed by atoms with Gasteiger partial charge in [0, 0.05) is 19.4 Å². The minimum Gasteiger partial charge on any atom is -0.462 e. The standard InChI is InChI=1S/C78H148NO8P/c1-3-5-7-9-11-13-15-17-19-21-23-25-27-29-31-32-33-34-35-36-37-38-39-40-41-42-43-45-46-48-50-52-54-56-58-60-62-64-66-68-70-77(80)84-74-76(75-86-88(82,83)85-73-72-79)87-78(81)71-69-67-65-63-61-59-57-55-53-51-49-47-44-30-28-26-24-22-20-18-16-14-12-10-8-6-4-2/h6,8,12,14,18,20,24,26,76H,3-5,7,9-11,13,15-17,19,21-23,25,27-75,79H2,1-2H3,(H,82,83)/b8-6-,14-12-,20-18-,26-24-. The molecule has 0 fully saturated rings. The smallest absolute Gasteiger partial charge is 0.462 e. The van der Waals surface area contributed by atoms with E-state index in [-0.39, 0.29) is 38.6 Å². The molecule has 0 heterocycles. The lowest BCUT2D eigenvalue weighted by molar-refractivity contribution is -0.161. The van der Waals surface area contributed by atoms with Crippen LogP contribution in [-0.4, -0.2) is 49.3 Å². The van der Waals surface area contributed by atoms with Crippen molar-refractivity contribution in [2.45, 2.75) is 412 Å². The maximum atomic E-state index is 12.8. The van der Waals surface area contributed by atoms with Crippen LogP contribution in [0.25, 0.3) is 0 Å². The van der Waals surface area contributed by atoms with Gasteiger partial charge in [0.25, 0.3) is 0 Å². The summed E-state index contributed by atoms with van der Waals surface area (Å²) in [5, 5.41) is 0. The highest BCUT2D eigenvalue weighted by atomic mass is 31.2. The number of carbonyl (C=O) groups is 2. The number of allylic oxidation sites excluding steroid dienone is 8. The van der Waals surface area contributed by atoms with Crippen LogP contribution in [0.15, 0.2) is 48.6 Å². The number of phosphoric acid groups is 1. The monoisotopic (exact) mass is 1260 g/mol. The van der Waals surface area contributed by atoms with Crippen LogP contribution in [0, 0.1) is 0 Å². The predicted molar refractivity (Wildman–Crippen MR) is 381 cm³/mol. The summed E-state index contributed by atoms with van der Waals surface area (Å²) in [4.78, 5) is 35.4. The Bertz CT molecular complexity index is 1580. The molecule has 0 aliphatic rings. The van der Waals surface area contributed by atoms with Gasteiger partial charge in [0.15, 0.2) is 6.10 Å². The fourth-order valence-electron chi connectivity index (χ4n) is 11.8. The zero-order valence-corrected chi connectivity index (χ0v) is 59.4. The largest absolute Gasteiger partial charge is 0.472 e. The third-order valence-corrected chi connectivity index (χ3v) is 18.5. The van der Waals surface area contributed by atoms with Gasteiger partial charge in [-0.05, 0) is 51.4 Å². The van der Waals surface area contributed by atoms with E-state index in [1.165, 1.54) is 308 Å². The number of hydrogen-bond donors (Lipinski definition) is 2. The van der Waals surface area contributed by atoms with Gasteiger partial charge in [0.1, 0.15) is 6.61 Å². The quantitative estimate of drug-likeness (QED) is 0.0264. The number of phosphoric ester groups is 1. The van der Waals surface area contributed by atoms with Gasteiger partial charge in [-0.3, -0.25) is 18.6 Å². The normalized spacial score (nSPS) is 13.1. The molecule has 0 spiro atoms. The number of carbonyl (C=O) groups excluding carboxylic acids is 2. The summed E-state index contributed by atoms with van der Waals surface area (Å²) in [6.45, 7) is 3.71. The molecule has 0 saturated carbocycles. The maximum Gasteiger partial charge on any atom is 0.472 e. The number of hydrogen-bond acceptors (Lipinski definition) is 8. The summed E-state index contributed by atoms with van der Waals surface area (Å²) >= 11 is 0. The number of ether oxygens (including phenoxy) is 2. The Morgan fingerprint density at radius 1 is 0.352 bits per heavy atom. The molecule has 0 aromatic carbocycles. The topological polar surface area (TPSA) is 134 Å². The van der Waals surface area contributed by atoms with Crippen molar-refractivity contribution < 1.29 is 37.6 Å². The summed E-state index contributed by atoms with van der Waals surface area (Å²) < 4.78 is 33.2. The van der Waals surface area contributed by atoms with E-state index >= 15 is 0 Å². The van der Waals surface area contributed by atoms with Crippen LogP contribution in [0.3, 0.4) is 0 Å². The van der Waals surface area contributed by atoms with Crippen LogP contribution in [0.2, 0.25) is 0 Å². The van der Waals surface area contributed by atoms with Gasteiger partial charge in [-0.2, -0.15) is 0 Å². The van der Waals surface area contributed by atoms with E-state index in [2.05, 4.69) is 62.5 Å². The zero-order chi connectivity index (χ0) is 63.7. The van der Waals surface area contributed by atoms with Gasteiger partial charge in [-0.25, -0.2) is 4.57 Å². The Labute approximate surface area is 547 Å². The number of rotatable bonds is 74. The molecule has 0 aromatic heterocycles. The van der Waals surface area contributed by atoms with E-state index in [4.69, 9.17) is 24.3 Å². The van der Waals surface area contributed by atoms with Crippen molar-refractivity contribution in [3.8, 4) is 0 Å². The van der Waals surface area contributed by atoms with Gasteiger partial charge < -0.3 is 20.1 Å². The highest BCUT2D eigenvalue weighted by molar-refractivity contribution is 7.47. The number of nitrogens with two attached hydrogens (primary N) is 1. The third-order valence-electron chi connectivity index (χ3n) is 17.5. The van der Waals surface area contributed by atoms with Gasteiger partial charge in [-0.15, -0.1) is 0 Å².